The summed E-state index contributed by atoms with van der Waals surface area (Å²) in [5, 5.41) is 1.19. The number of pyridine rings is 1. The van der Waals surface area contributed by atoms with Gasteiger partial charge in [0.1, 0.15) is 0 Å². The predicted octanol–water partition coefficient (Wildman–Crippen LogP) is 4.33. The largest absolute Gasteiger partial charge is 0.493 e. The molecule has 2 aromatic carbocycles. The fourth-order valence-corrected chi connectivity index (χ4v) is 6.00. The summed E-state index contributed by atoms with van der Waals surface area (Å²) in [6.07, 6.45) is 3.46. The standard InChI is InChI=1S/C23H25ClN2O5S/c1-30-21-12-15-11-16(23(27)25-20(15)13-22(21)31-2)14-26(18-5-3-4-6-18)32(28,29)19-9-7-17(24)8-10-19/h7-13,18H,3-6,14H2,1-2H3,(H,25,27). The maximum absolute atomic E-state index is 13.5. The Kier molecular flexibility index (Phi) is 6.46. The van der Waals surface area contributed by atoms with Crippen LogP contribution in [0.25, 0.3) is 10.9 Å². The number of hydrogen-bond acceptors (Lipinski definition) is 5. The smallest absolute Gasteiger partial charge is 0.252 e. The average Bonchev–Trinajstić information content (AvgIpc) is 3.31. The predicted molar refractivity (Wildman–Crippen MR) is 124 cm³/mol. The van der Waals surface area contributed by atoms with E-state index in [0.29, 0.717) is 27.6 Å². The van der Waals surface area contributed by atoms with E-state index >= 15 is 0 Å². The Labute approximate surface area is 192 Å². The van der Waals surface area contributed by atoms with Crippen LogP contribution in [0.3, 0.4) is 0 Å². The van der Waals surface area contributed by atoms with Crippen molar-refractivity contribution < 1.29 is 17.9 Å². The van der Waals surface area contributed by atoms with E-state index in [1.807, 2.05) is 0 Å². The van der Waals surface area contributed by atoms with E-state index in [0.717, 1.165) is 31.1 Å². The number of fused-ring (bicyclic) bond motifs is 1. The fraction of sp³-hybridized carbons (Fsp3) is 0.348. The van der Waals surface area contributed by atoms with Crippen molar-refractivity contribution in [3.8, 4) is 11.5 Å². The number of ether oxygens (including phenoxy) is 2. The van der Waals surface area contributed by atoms with E-state index < -0.39 is 10.0 Å². The van der Waals surface area contributed by atoms with Crippen molar-refractivity contribution in [3.63, 3.8) is 0 Å². The summed E-state index contributed by atoms with van der Waals surface area (Å²) in [5.41, 5.74) is 0.623. The Morgan fingerprint density at radius 2 is 1.66 bits per heavy atom. The lowest BCUT2D eigenvalue weighted by atomic mass is 10.1. The number of benzene rings is 2. The minimum Gasteiger partial charge on any atom is -0.493 e. The van der Waals surface area contributed by atoms with E-state index in [-0.39, 0.29) is 23.0 Å². The van der Waals surface area contributed by atoms with Gasteiger partial charge in [-0.3, -0.25) is 4.79 Å². The number of aromatic nitrogens is 1. The van der Waals surface area contributed by atoms with Crippen molar-refractivity contribution in [2.45, 2.75) is 43.2 Å². The maximum atomic E-state index is 13.5. The van der Waals surface area contributed by atoms with E-state index in [9.17, 15) is 13.2 Å². The Balaban J connectivity index is 1.77. The van der Waals surface area contributed by atoms with E-state index in [4.69, 9.17) is 21.1 Å². The molecule has 7 nitrogen and oxygen atoms in total. The molecule has 1 heterocycles. The lowest BCUT2D eigenvalue weighted by molar-refractivity contribution is 0.315. The zero-order valence-electron chi connectivity index (χ0n) is 17.9. The van der Waals surface area contributed by atoms with Crippen LogP contribution in [0.15, 0.2) is 52.2 Å². The van der Waals surface area contributed by atoms with Gasteiger partial charge in [0.25, 0.3) is 5.56 Å². The number of nitrogens with one attached hydrogen (secondary N) is 1. The van der Waals surface area contributed by atoms with Crippen LogP contribution in [0.5, 0.6) is 11.5 Å². The van der Waals surface area contributed by atoms with Crippen LogP contribution >= 0.6 is 11.6 Å². The van der Waals surface area contributed by atoms with Gasteiger partial charge < -0.3 is 14.5 Å². The van der Waals surface area contributed by atoms with Crippen LogP contribution in [-0.4, -0.2) is 38.0 Å². The topological polar surface area (TPSA) is 88.7 Å². The molecule has 9 heteroatoms. The van der Waals surface area contributed by atoms with Crippen LogP contribution < -0.4 is 15.0 Å². The van der Waals surface area contributed by atoms with Crippen LogP contribution in [0.4, 0.5) is 0 Å². The van der Waals surface area contributed by atoms with Crippen LogP contribution in [0.2, 0.25) is 5.02 Å². The Morgan fingerprint density at radius 1 is 1.03 bits per heavy atom. The zero-order chi connectivity index (χ0) is 22.9. The van der Waals surface area contributed by atoms with Gasteiger partial charge in [-0.25, -0.2) is 8.42 Å². The highest BCUT2D eigenvalue weighted by atomic mass is 35.5. The molecule has 0 amide bonds. The first-order chi connectivity index (χ1) is 15.3. The maximum Gasteiger partial charge on any atom is 0.252 e. The molecule has 1 N–H and O–H groups in total. The number of rotatable bonds is 7. The molecule has 0 saturated heterocycles. The van der Waals surface area contributed by atoms with E-state index in [2.05, 4.69) is 4.98 Å². The van der Waals surface area contributed by atoms with Crippen molar-refractivity contribution in [1.82, 2.24) is 9.29 Å². The average molecular weight is 477 g/mol. The first kappa shape index (κ1) is 22.6. The Bertz CT molecular complexity index is 1280. The normalized spacial score (nSPS) is 14.9. The zero-order valence-corrected chi connectivity index (χ0v) is 19.5. The summed E-state index contributed by atoms with van der Waals surface area (Å²) in [4.78, 5) is 15.9. The third-order valence-corrected chi connectivity index (χ3v) is 8.07. The highest BCUT2D eigenvalue weighted by molar-refractivity contribution is 7.89. The van der Waals surface area contributed by atoms with Gasteiger partial charge >= 0.3 is 0 Å². The van der Waals surface area contributed by atoms with Gasteiger partial charge in [-0.1, -0.05) is 24.4 Å². The minimum absolute atomic E-state index is 0.0186. The van der Waals surface area contributed by atoms with Crippen LogP contribution in [0.1, 0.15) is 31.2 Å². The lowest BCUT2D eigenvalue weighted by Gasteiger charge is -2.28. The molecule has 1 aliphatic carbocycles. The SMILES string of the molecule is COc1cc2cc(CN(C3CCCC3)S(=O)(=O)c3ccc(Cl)cc3)c(=O)[nH]c2cc1OC. The molecular formula is C23H25ClN2O5S. The molecule has 3 aromatic rings. The van der Waals surface area contributed by atoms with Crippen LogP contribution in [-0.2, 0) is 16.6 Å². The monoisotopic (exact) mass is 476 g/mol. The van der Waals surface area contributed by atoms with E-state index in [1.54, 1.807) is 30.3 Å². The first-order valence-electron chi connectivity index (χ1n) is 10.4. The second kappa shape index (κ2) is 9.13. The van der Waals surface area contributed by atoms with Gasteiger partial charge in [-0.15, -0.1) is 0 Å². The molecule has 0 atom stereocenters. The quantitative estimate of drug-likeness (QED) is 0.548. The van der Waals surface area contributed by atoms with Gasteiger partial charge in [0.15, 0.2) is 11.5 Å². The summed E-state index contributed by atoms with van der Waals surface area (Å²) in [7, 11) is -0.752. The van der Waals surface area contributed by atoms with Gasteiger partial charge in [0.2, 0.25) is 10.0 Å². The number of hydrogen-bond donors (Lipinski definition) is 1. The number of methoxy groups -OCH3 is 2. The Morgan fingerprint density at radius 3 is 2.28 bits per heavy atom. The third-order valence-electron chi connectivity index (χ3n) is 5.90. The molecule has 4 rings (SSSR count). The molecule has 0 aliphatic heterocycles. The molecule has 0 spiro atoms. The van der Waals surface area contributed by atoms with Crippen molar-refractivity contribution >= 4 is 32.5 Å². The summed E-state index contributed by atoms with van der Waals surface area (Å²) in [6.45, 7) is -0.0186. The molecule has 0 bridgehead atoms. The van der Waals surface area contributed by atoms with Gasteiger partial charge in [-0.2, -0.15) is 4.31 Å². The van der Waals surface area contributed by atoms with Gasteiger partial charge in [-0.05, 0) is 49.2 Å². The molecule has 32 heavy (non-hydrogen) atoms. The number of sulfonamides is 1. The summed E-state index contributed by atoms with van der Waals surface area (Å²) in [6, 6.07) is 11.1. The second-order valence-electron chi connectivity index (χ2n) is 7.86. The number of aromatic amines is 1. The highest BCUT2D eigenvalue weighted by Crippen LogP contribution is 2.33. The fourth-order valence-electron chi connectivity index (χ4n) is 4.21. The number of halogens is 1. The minimum atomic E-state index is -3.82. The second-order valence-corrected chi connectivity index (χ2v) is 10.2. The number of nitrogens with zero attached hydrogens (tertiary/aromatic N) is 1. The molecule has 1 saturated carbocycles. The first-order valence-corrected chi connectivity index (χ1v) is 12.2. The van der Waals surface area contributed by atoms with Gasteiger partial charge in [0, 0.05) is 34.6 Å². The summed E-state index contributed by atoms with van der Waals surface area (Å²) in [5.74, 6) is 1.03. The third kappa shape index (κ3) is 4.35. The van der Waals surface area contributed by atoms with E-state index in [1.165, 1.54) is 30.7 Å². The van der Waals surface area contributed by atoms with Crippen molar-refractivity contribution in [2.24, 2.45) is 0 Å². The summed E-state index contributed by atoms with van der Waals surface area (Å²) < 4.78 is 39.2. The molecular weight excluding hydrogens is 452 g/mol. The van der Waals surface area contributed by atoms with Crippen molar-refractivity contribution in [1.29, 1.82) is 0 Å². The lowest BCUT2D eigenvalue weighted by Crippen LogP contribution is -2.39. The Hall–Kier alpha value is -2.55. The molecule has 1 fully saturated rings. The van der Waals surface area contributed by atoms with Crippen LogP contribution in [0, 0.1) is 0 Å². The van der Waals surface area contributed by atoms with Gasteiger partial charge in [0.05, 0.1) is 24.6 Å². The molecule has 1 aromatic heterocycles. The molecule has 0 radical (unpaired) electrons. The summed E-state index contributed by atoms with van der Waals surface area (Å²) >= 11 is 5.95. The number of H-pyrrole nitrogens is 1. The molecule has 1 aliphatic rings. The van der Waals surface area contributed by atoms with Crippen molar-refractivity contribution in [2.75, 3.05) is 14.2 Å². The van der Waals surface area contributed by atoms with Crippen molar-refractivity contribution in [3.05, 3.63) is 63.4 Å². The highest BCUT2D eigenvalue weighted by Gasteiger charge is 2.34. The molecule has 0 unspecified atom stereocenters. The molecule has 170 valence electrons.